The molecule has 0 amide bonds. The van der Waals surface area contributed by atoms with Gasteiger partial charge in [0.05, 0.1) is 6.10 Å². The predicted molar refractivity (Wildman–Crippen MR) is 69.2 cm³/mol. The van der Waals surface area contributed by atoms with Crippen LogP contribution in [0.3, 0.4) is 0 Å². The van der Waals surface area contributed by atoms with E-state index in [0.29, 0.717) is 24.3 Å². The second-order valence-electron chi connectivity index (χ2n) is 4.56. The molecule has 0 saturated heterocycles. The molecule has 1 aromatic rings. The van der Waals surface area contributed by atoms with Gasteiger partial charge in [0, 0.05) is 18.3 Å². The number of anilines is 1. The fourth-order valence-corrected chi connectivity index (χ4v) is 1.27. The number of aryl methyl sites for hydroxylation is 1. The molecule has 0 aromatic carbocycles. The Morgan fingerprint density at radius 1 is 1.35 bits per heavy atom. The lowest BCUT2D eigenvalue weighted by Crippen LogP contribution is -2.21. The molecule has 3 N–H and O–H groups in total. The Morgan fingerprint density at radius 3 is 2.65 bits per heavy atom. The van der Waals surface area contributed by atoms with Crippen molar-refractivity contribution in [2.75, 3.05) is 18.4 Å². The van der Waals surface area contributed by atoms with Crippen molar-refractivity contribution in [3.63, 3.8) is 0 Å². The largest absolute Gasteiger partial charge is 0.475 e. The van der Waals surface area contributed by atoms with Crippen LogP contribution >= 0.6 is 0 Å². The van der Waals surface area contributed by atoms with E-state index in [-0.39, 0.29) is 6.10 Å². The van der Waals surface area contributed by atoms with E-state index in [0.717, 1.165) is 12.2 Å². The first-order valence-corrected chi connectivity index (χ1v) is 5.97. The van der Waals surface area contributed by atoms with Gasteiger partial charge >= 0.3 is 0 Å². The second-order valence-corrected chi connectivity index (χ2v) is 4.56. The van der Waals surface area contributed by atoms with E-state index in [1.807, 2.05) is 26.8 Å². The molecule has 1 aromatic heterocycles. The molecule has 0 bridgehead atoms. The van der Waals surface area contributed by atoms with Crippen LogP contribution < -0.4 is 15.8 Å². The summed E-state index contributed by atoms with van der Waals surface area (Å²) in [6.45, 7) is 9.36. The fraction of sp³-hybridized carbons (Fsp3) is 0.667. The first-order valence-electron chi connectivity index (χ1n) is 5.97. The van der Waals surface area contributed by atoms with E-state index in [1.165, 1.54) is 0 Å². The smallest absolute Gasteiger partial charge is 0.226 e. The number of rotatable bonds is 6. The van der Waals surface area contributed by atoms with Crippen LogP contribution in [0.5, 0.6) is 5.88 Å². The topological polar surface area (TPSA) is 73.1 Å². The van der Waals surface area contributed by atoms with E-state index < -0.39 is 0 Å². The van der Waals surface area contributed by atoms with Crippen LogP contribution in [0, 0.1) is 12.8 Å². The number of hydrogen-bond acceptors (Lipinski definition) is 5. The van der Waals surface area contributed by atoms with Crippen molar-refractivity contribution in [1.29, 1.82) is 0 Å². The van der Waals surface area contributed by atoms with Crippen molar-refractivity contribution in [3.05, 3.63) is 11.8 Å². The third-order valence-corrected chi connectivity index (χ3v) is 2.20. The Labute approximate surface area is 103 Å². The summed E-state index contributed by atoms with van der Waals surface area (Å²) in [7, 11) is 0. The van der Waals surface area contributed by atoms with Crippen molar-refractivity contribution >= 4 is 5.95 Å². The monoisotopic (exact) mass is 238 g/mol. The first kappa shape index (κ1) is 13.7. The molecule has 96 valence electrons. The molecule has 0 aliphatic rings. The summed E-state index contributed by atoms with van der Waals surface area (Å²) in [5.74, 6) is 1.60. The summed E-state index contributed by atoms with van der Waals surface area (Å²) in [6.07, 6.45) is 0.111. The number of aromatic nitrogens is 2. The molecule has 0 saturated carbocycles. The maximum absolute atomic E-state index is 5.56. The lowest BCUT2D eigenvalue weighted by molar-refractivity contribution is 0.232. The minimum Gasteiger partial charge on any atom is -0.475 e. The number of nitrogens with two attached hydrogens (primary N) is 1. The van der Waals surface area contributed by atoms with Crippen molar-refractivity contribution in [1.82, 2.24) is 9.97 Å². The second kappa shape index (κ2) is 6.39. The SMILES string of the molecule is Cc1cc(OC(C)C)nc(NCC(C)CN)n1. The van der Waals surface area contributed by atoms with Gasteiger partial charge in [0.25, 0.3) is 0 Å². The van der Waals surface area contributed by atoms with Gasteiger partial charge in [-0.05, 0) is 33.2 Å². The van der Waals surface area contributed by atoms with Gasteiger partial charge in [0.2, 0.25) is 11.8 Å². The van der Waals surface area contributed by atoms with Crippen LogP contribution in [-0.4, -0.2) is 29.2 Å². The van der Waals surface area contributed by atoms with Crippen LogP contribution in [0.4, 0.5) is 5.95 Å². The molecular weight excluding hydrogens is 216 g/mol. The molecule has 0 aliphatic heterocycles. The molecular formula is C12H22N4O. The van der Waals surface area contributed by atoms with Gasteiger partial charge in [0.15, 0.2) is 0 Å². The van der Waals surface area contributed by atoms with Crippen molar-refractivity contribution in [2.24, 2.45) is 11.7 Å². The highest BCUT2D eigenvalue weighted by Gasteiger charge is 2.06. The zero-order chi connectivity index (χ0) is 12.8. The van der Waals surface area contributed by atoms with Crippen LogP contribution in [-0.2, 0) is 0 Å². The highest BCUT2D eigenvalue weighted by atomic mass is 16.5. The molecule has 5 nitrogen and oxygen atoms in total. The highest BCUT2D eigenvalue weighted by Crippen LogP contribution is 2.13. The Balaban J connectivity index is 2.68. The number of ether oxygens (including phenoxy) is 1. The molecule has 0 fully saturated rings. The van der Waals surface area contributed by atoms with E-state index in [1.54, 1.807) is 0 Å². The van der Waals surface area contributed by atoms with E-state index in [4.69, 9.17) is 10.5 Å². The van der Waals surface area contributed by atoms with Crippen molar-refractivity contribution in [2.45, 2.75) is 33.8 Å². The Bertz CT molecular complexity index is 354. The van der Waals surface area contributed by atoms with Crippen LogP contribution in [0.2, 0.25) is 0 Å². The molecule has 0 aliphatic carbocycles. The minimum absolute atomic E-state index is 0.111. The molecule has 0 spiro atoms. The zero-order valence-corrected chi connectivity index (χ0v) is 11.0. The molecule has 1 atom stereocenters. The van der Waals surface area contributed by atoms with E-state index in [2.05, 4.69) is 22.2 Å². The van der Waals surface area contributed by atoms with Crippen LogP contribution in [0.1, 0.15) is 26.5 Å². The van der Waals surface area contributed by atoms with Gasteiger partial charge in [-0.25, -0.2) is 4.98 Å². The minimum atomic E-state index is 0.111. The van der Waals surface area contributed by atoms with Crippen molar-refractivity contribution in [3.8, 4) is 5.88 Å². The summed E-state index contributed by atoms with van der Waals surface area (Å²) < 4.78 is 5.55. The Kier molecular flexibility index (Phi) is 5.15. The molecule has 1 heterocycles. The van der Waals surface area contributed by atoms with Gasteiger partial charge in [-0.1, -0.05) is 6.92 Å². The quantitative estimate of drug-likeness (QED) is 0.787. The van der Waals surface area contributed by atoms with Gasteiger partial charge in [0.1, 0.15) is 0 Å². The summed E-state index contributed by atoms with van der Waals surface area (Å²) in [5.41, 5.74) is 6.44. The summed E-state index contributed by atoms with van der Waals surface area (Å²) >= 11 is 0. The average Bonchev–Trinajstić information content (AvgIpc) is 2.24. The Hall–Kier alpha value is -1.36. The van der Waals surface area contributed by atoms with Gasteiger partial charge < -0.3 is 15.8 Å². The maximum Gasteiger partial charge on any atom is 0.226 e. The zero-order valence-electron chi connectivity index (χ0n) is 11.0. The first-order chi connectivity index (χ1) is 8.01. The molecule has 0 radical (unpaired) electrons. The van der Waals surface area contributed by atoms with Gasteiger partial charge in [-0.15, -0.1) is 0 Å². The summed E-state index contributed by atoms with van der Waals surface area (Å²) in [6, 6.07) is 1.83. The van der Waals surface area contributed by atoms with Crippen molar-refractivity contribution < 1.29 is 4.74 Å². The molecule has 1 unspecified atom stereocenters. The third-order valence-electron chi connectivity index (χ3n) is 2.20. The third kappa shape index (κ3) is 4.99. The molecule has 1 rings (SSSR count). The summed E-state index contributed by atoms with van der Waals surface area (Å²) in [4.78, 5) is 8.60. The summed E-state index contributed by atoms with van der Waals surface area (Å²) in [5, 5.41) is 3.17. The number of hydrogen-bond donors (Lipinski definition) is 2. The maximum atomic E-state index is 5.56. The lowest BCUT2D eigenvalue weighted by atomic mass is 10.2. The van der Waals surface area contributed by atoms with E-state index >= 15 is 0 Å². The number of nitrogens with one attached hydrogen (secondary N) is 1. The Morgan fingerprint density at radius 2 is 2.06 bits per heavy atom. The normalized spacial score (nSPS) is 12.6. The van der Waals surface area contributed by atoms with Gasteiger partial charge in [-0.2, -0.15) is 4.98 Å². The van der Waals surface area contributed by atoms with Crippen LogP contribution in [0.15, 0.2) is 6.07 Å². The average molecular weight is 238 g/mol. The number of nitrogens with zero attached hydrogens (tertiary/aromatic N) is 2. The fourth-order valence-electron chi connectivity index (χ4n) is 1.27. The molecule has 5 heteroatoms. The lowest BCUT2D eigenvalue weighted by Gasteiger charge is -2.13. The van der Waals surface area contributed by atoms with Gasteiger partial charge in [-0.3, -0.25) is 0 Å². The standard InChI is InChI=1S/C12H22N4O/c1-8(2)17-11-5-10(4)15-12(16-11)14-7-9(3)6-13/h5,8-9H,6-7,13H2,1-4H3,(H,14,15,16). The predicted octanol–water partition coefficient (Wildman–Crippen LogP) is 1.58. The highest BCUT2D eigenvalue weighted by molar-refractivity contribution is 5.30. The molecule has 17 heavy (non-hydrogen) atoms. The van der Waals surface area contributed by atoms with Crippen LogP contribution in [0.25, 0.3) is 0 Å². The van der Waals surface area contributed by atoms with E-state index in [9.17, 15) is 0 Å².